The number of likely N-dealkylation sites (tertiary alicyclic amines) is 1. The molecule has 164 valence electrons. The minimum Gasteiger partial charge on any atom is -0.356 e. The number of piperidine rings is 1. The fourth-order valence-corrected chi connectivity index (χ4v) is 3.88. The summed E-state index contributed by atoms with van der Waals surface area (Å²) in [5, 5.41) is 7.17. The van der Waals surface area contributed by atoms with Gasteiger partial charge in [0.25, 0.3) is 0 Å². The number of pyridine rings is 1. The molecule has 5 nitrogen and oxygen atoms in total. The molecule has 1 saturated heterocycles. The number of nitrogens with one attached hydrogen (secondary N) is 2. The second-order valence-corrected chi connectivity index (χ2v) is 8.77. The first-order chi connectivity index (χ1) is 14.0. The van der Waals surface area contributed by atoms with Crippen LogP contribution in [-0.2, 0) is 13.0 Å². The van der Waals surface area contributed by atoms with E-state index in [1.807, 2.05) is 19.3 Å². The number of aromatic nitrogens is 1. The van der Waals surface area contributed by atoms with E-state index in [-0.39, 0.29) is 29.4 Å². The molecule has 1 fully saturated rings. The molecule has 0 bridgehead atoms. The Labute approximate surface area is 198 Å². The molecule has 0 radical (unpaired) electrons. The summed E-state index contributed by atoms with van der Waals surface area (Å²) in [6.07, 6.45) is 5.17. The standard InChI is InChI=1S/C24H35N5.HI/c1-24(2,17-20-9-5-4-6-10-20)19-27-23(25-3)28-21-12-15-29(16-13-21)18-22-11-7-8-14-26-22;/h4-11,14,21H,12-13,15-19H2,1-3H3,(H2,25,27,28);1H. The number of guanidine groups is 1. The summed E-state index contributed by atoms with van der Waals surface area (Å²) in [6, 6.07) is 17.3. The SMILES string of the molecule is CN=C(NCC(C)(C)Cc1ccccc1)NC1CCN(Cc2ccccn2)CC1.I. The van der Waals surface area contributed by atoms with Gasteiger partial charge in [0.15, 0.2) is 5.96 Å². The van der Waals surface area contributed by atoms with Crippen LogP contribution in [-0.4, -0.2) is 48.6 Å². The second kappa shape index (κ2) is 12.2. The Morgan fingerprint density at radius 3 is 2.43 bits per heavy atom. The number of hydrogen-bond donors (Lipinski definition) is 2. The van der Waals surface area contributed by atoms with Gasteiger partial charge in [-0.1, -0.05) is 50.2 Å². The van der Waals surface area contributed by atoms with E-state index in [1.165, 1.54) is 5.56 Å². The van der Waals surface area contributed by atoms with Crippen molar-refractivity contribution in [3.63, 3.8) is 0 Å². The minimum atomic E-state index is 0. The third kappa shape index (κ3) is 8.22. The number of rotatable bonds is 7. The lowest BCUT2D eigenvalue weighted by molar-refractivity contribution is 0.196. The van der Waals surface area contributed by atoms with E-state index in [2.05, 4.69) is 81.8 Å². The summed E-state index contributed by atoms with van der Waals surface area (Å²) in [7, 11) is 1.86. The van der Waals surface area contributed by atoms with Gasteiger partial charge < -0.3 is 10.6 Å². The number of halogens is 1. The van der Waals surface area contributed by atoms with Crippen LogP contribution in [0, 0.1) is 5.41 Å². The molecule has 0 saturated carbocycles. The monoisotopic (exact) mass is 521 g/mol. The van der Waals surface area contributed by atoms with E-state index < -0.39 is 0 Å². The van der Waals surface area contributed by atoms with Crippen molar-refractivity contribution in [1.29, 1.82) is 0 Å². The van der Waals surface area contributed by atoms with E-state index in [0.29, 0.717) is 6.04 Å². The summed E-state index contributed by atoms with van der Waals surface area (Å²) < 4.78 is 0. The van der Waals surface area contributed by atoms with Crippen LogP contribution in [0.3, 0.4) is 0 Å². The summed E-state index contributed by atoms with van der Waals surface area (Å²) in [4.78, 5) is 11.4. The van der Waals surface area contributed by atoms with Crippen molar-refractivity contribution < 1.29 is 0 Å². The van der Waals surface area contributed by atoms with Crippen LogP contribution < -0.4 is 10.6 Å². The van der Waals surface area contributed by atoms with Gasteiger partial charge in [-0.2, -0.15) is 0 Å². The maximum absolute atomic E-state index is 4.45. The molecular formula is C24H36IN5. The van der Waals surface area contributed by atoms with Crippen LogP contribution in [0.2, 0.25) is 0 Å². The zero-order valence-electron chi connectivity index (χ0n) is 18.5. The van der Waals surface area contributed by atoms with Gasteiger partial charge in [0, 0.05) is 45.5 Å². The number of hydrogen-bond acceptors (Lipinski definition) is 3. The zero-order chi connectivity index (χ0) is 20.5. The van der Waals surface area contributed by atoms with Crippen molar-refractivity contribution in [2.45, 2.75) is 45.7 Å². The summed E-state index contributed by atoms with van der Waals surface area (Å²) in [5.41, 5.74) is 2.69. The Morgan fingerprint density at radius 2 is 1.80 bits per heavy atom. The smallest absolute Gasteiger partial charge is 0.191 e. The molecule has 1 aromatic carbocycles. The quantitative estimate of drug-likeness (QED) is 0.328. The average Bonchev–Trinajstić information content (AvgIpc) is 2.73. The molecule has 1 aromatic heterocycles. The number of nitrogens with zero attached hydrogens (tertiary/aromatic N) is 3. The van der Waals surface area contributed by atoms with Crippen molar-refractivity contribution in [2.24, 2.45) is 10.4 Å². The molecule has 0 atom stereocenters. The molecule has 2 heterocycles. The molecule has 0 unspecified atom stereocenters. The highest BCUT2D eigenvalue weighted by atomic mass is 127. The van der Waals surface area contributed by atoms with Gasteiger partial charge in [-0.3, -0.25) is 14.9 Å². The first kappa shape index (κ1) is 24.6. The van der Waals surface area contributed by atoms with Crippen LogP contribution in [0.1, 0.15) is 37.9 Å². The van der Waals surface area contributed by atoms with Crippen LogP contribution in [0.4, 0.5) is 0 Å². The van der Waals surface area contributed by atoms with E-state index in [0.717, 1.165) is 57.1 Å². The lowest BCUT2D eigenvalue weighted by Crippen LogP contribution is -2.50. The molecule has 0 amide bonds. The lowest BCUT2D eigenvalue weighted by Gasteiger charge is -2.33. The second-order valence-electron chi connectivity index (χ2n) is 8.77. The minimum absolute atomic E-state index is 0. The lowest BCUT2D eigenvalue weighted by atomic mass is 9.86. The summed E-state index contributed by atoms with van der Waals surface area (Å²) in [6.45, 7) is 8.61. The predicted molar refractivity (Wildman–Crippen MR) is 136 cm³/mol. The van der Waals surface area contributed by atoms with Gasteiger partial charge in [0.05, 0.1) is 5.69 Å². The normalized spacial score (nSPS) is 16.0. The van der Waals surface area contributed by atoms with Gasteiger partial charge in [-0.05, 0) is 42.4 Å². The number of aliphatic imine (C=N–C) groups is 1. The van der Waals surface area contributed by atoms with Crippen molar-refractivity contribution in [3.8, 4) is 0 Å². The molecule has 2 N–H and O–H groups in total. The van der Waals surface area contributed by atoms with Gasteiger partial charge >= 0.3 is 0 Å². The largest absolute Gasteiger partial charge is 0.356 e. The molecule has 2 aromatic rings. The van der Waals surface area contributed by atoms with Crippen molar-refractivity contribution in [2.75, 3.05) is 26.7 Å². The summed E-state index contributed by atoms with van der Waals surface area (Å²) in [5.74, 6) is 0.911. The topological polar surface area (TPSA) is 52.6 Å². The van der Waals surface area contributed by atoms with Crippen molar-refractivity contribution >= 4 is 29.9 Å². The predicted octanol–water partition coefficient (Wildman–Crippen LogP) is 4.10. The van der Waals surface area contributed by atoms with E-state index in [9.17, 15) is 0 Å². The van der Waals surface area contributed by atoms with Gasteiger partial charge in [-0.25, -0.2) is 0 Å². The Kier molecular flexibility index (Phi) is 10.0. The van der Waals surface area contributed by atoms with E-state index in [1.54, 1.807) is 0 Å². The molecule has 3 rings (SSSR count). The van der Waals surface area contributed by atoms with Crippen LogP contribution in [0.15, 0.2) is 59.7 Å². The Hall–Kier alpha value is -1.67. The summed E-state index contributed by atoms with van der Waals surface area (Å²) >= 11 is 0. The molecule has 30 heavy (non-hydrogen) atoms. The Morgan fingerprint density at radius 1 is 1.10 bits per heavy atom. The molecule has 0 spiro atoms. The van der Waals surface area contributed by atoms with Crippen LogP contribution in [0.25, 0.3) is 0 Å². The van der Waals surface area contributed by atoms with Gasteiger partial charge in [0.1, 0.15) is 0 Å². The van der Waals surface area contributed by atoms with Crippen molar-refractivity contribution in [1.82, 2.24) is 20.5 Å². The van der Waals surface area contributed by atoms with Crippen molar-refractivity contribution in [3.05, 3.63) is 66.0 Å². The highest BCUT2D eigenvalue weighted by Gasteiger charge is 2.22. The van der Waals surface area contributed by atoms with Crippen LogP contribution in [0.5, 0.6) is 0 Å². The molecule has 0 aliphatic carbocycles. The third-order valence-corrected chi connectivity index (χ3v) is 5.52. The van der Waals surface area contributed by atoms with Crippen LogP contribution >= 0.6 is 24.0 Å². The maximum Gasteiger partial charge on any atom is 0.191 e. The Bertz CT molecular complexity index is 756. The highest BCUT2D eigenvalue weighted by molar-refractivity contribution is 14.0. The van der Waals surface area contributed by atoms with Gasteiger partial charge in [-0.15, -0.1) is 24.0 Å². The molecule has 1 aliphatic heterocycles. The first-order valence-corrected chi connectivity index (χ1v) is 10.7. The molecule has 6 heteroatoms. The maximum atomic E-state index is 4.45. The molecule has 1 aliphatic rings. The fourth-order valence-electron chi connectivity index (χ4n) is 3.88. The number of benzene rings is 1. The van der Waals surface area contributed by atoms with E-state index >= 15 is 0 Å². The fraction of sp³-hybridized carbons (Fsp3) is 0.500. The first-order valence-electron chi connectivity index (χ1n) is 10.7. The third-order valence-electron chi connectivity index (χ3n) is 5.52. The molecular weight excluding hydrogens is 485 g/mol. The zero-order valence-corrected chi connectivity index (χ0v) is 20.8. The average molecular weight is 521 g/mol. The Balaban J connectivity index is 0.00000320. The van der Waals surface area contributed by atoms with Gasteiger partial charge in [0.2, 0.25) is 0 Å². The van der Waals surface area contributed by atoms with E-state index in [4.69, 9.17) is 0 Å². The highest BCUT2D eigenvalue weighted by Crippen LogP contribution is 2.20.